The Morgan fingerprint density at radius 3 is 1.73 bits per heavy atom. The molecular weight excluding hydrogens is 881 g/mol. The molecular formula is C66H46N4S. The molecule has 4 nitrogen and oxygen atoms in total. The molecule has 0 saturated carbocycles. The summed E-state index contributed by atoms with van der Waals surface area (Å²) in [6.07, 6.45) is 8.82. The van der Waals surface area contributed by atoms with Crippen LogP contribution in [0, 0.1) is 0 Å². The molecule has 1 aliphatic carbocycles. The zero-order valence-corrected chi connectivity index (χ0v) is 39.7. The highest BCUT2D eigenvalue weighted by atomic mass is 32.1. The molecule has 0 aliphatic heterocycles. The van der Waals surface area contributed by atoms with E-state index in [2.05, 4.69) is 274 Å². The number of para-hydroxylation sites is 5. The maximum atomic E-state index is 2.53. The third kappa shape index (κ3) is 6.80. The van der Waals surface area contributed by atoms with E-state index in [1.807, 2.05) is 11.3 Å². The molecule has 3 heterocycles. The second-order valence-electron chi connectivity index (χ2n) is 18.4. The summed E-state index contributed by atoms with van der Waals surface area (Å²) in [5, 5.41) is 7.73. The minimum Gasteiger partial charge on any atom is -0.313 e. The van der Waals surface area contributed by atoms with Gasteiger partial charge in [-0.15, -0.1) is 11.3 Å². The van der Waals surface area contributed by atoms with Crippen LogP contribution >= 0.6 is 11.3 Å². The number of rotatable bonds is 9. The number of allylic oxidation sites excluding steroid dienone is 4. The molecule has 0 amide bonds. The number of anilines is 6. The molecule has 3 aromatic heterocycles. The third-order valence-corrected chi connectivity index (χ3v) is 15.5. The van der Waals surface area contributed by atoms with Crippen LogP contribution in [0.5, 0.6) is 0 Å². The van der Waals surface area contributed by atoms with Crippen LogP contribution in [0.4, 0.5) is 34.1 Å². The van der Waals surface area contributed by atoms with E-state index in [0.29, 0.717) is 0 Å². The minimum atomic E-state index is 0.990. The molecule has 336 valence electrons. The summed E-state index contributed by atoms with van der Waals surface area (Å²) in [6.45, 7) is 0. The zero-order chi connectivity index (χ0) is 46.8. The molecule has 0 fully saturated rings. The Morgan fingerprint density at radius 2 is 0.972 bits per heavy atom. The van der Waals surface area contributed by atoms with Gasteiger partial charge in [0.2, 0.25) is 0 Å². The van der Waals surface area contributed by atoms with E-state index in [4.69, 9.17) is 0 Å². The molecule has 0 radical (unpaired) electrons. The van der Waals surface area contributed by atoms with E-state index < -0.39 is 0 Å². The Morgan fingerprint density at radius 1 is 0.394 bits per heavy atom. The average Bonchev–Trinajstić information content (AvgIpc) is 4.10. The monoisotopic (exact) mass is 926 g/mol. The summed E-state index contributed by atoms with van der Waals surface area (Å²) in [5.41, 5.74) is 16.2. The summed E-state index contributed by atoms with van der Waals surface area (Å²) >= 11 is 1.91. The van der Waals surface area contributed by atoms with Gasteiger partial charge in [0.25, 0.3) is 0 Å². The van der Waals surface area contributed by atoms with E-state index in [1.54, 1.807) is 0 Å². The van der Waals surface area contributed by atoms with Gasteiger partial charge in [-0.3, -0.25) is 0 Å². The molecule has 0 bridgehead atoms. The van der Waals surface area contributed by atoms with Gasteiger partial charge in [0.15, 0.2) is 0 Å². The van der Waals surface area contributed by atoms with Gasteiger partial charge in [-0.25, -0.2) is 0 Å². The maximum absolute atomic E-state index is 2.53. The predicted molar refractivity (Wildman–Crippen MR) is 304 cm³/mol. The highest BCUT2D eigenvalue weighted by Crippen LogP contribution is 2.47. The quantitative estimate of drug-likeness (QED) is 0.143. The molecule has 0 unspecified atom stereocenters. The Balaban J connectivity index is 0.906. The third-order valence-electron chi connectivity index (χ3n) is 14.3. The van der Waals surface area contributed by atoms with Crippen LogP contribution in [-0.2, 0) is 0 Å². The van der Waals surface area contributed by atoms with Crippen molar-refractivity contribution in [2.45, 2.75) is 12.8 Å². The van der Waals surface area contributed by atoms with E-state index >= 15 is 0 Å². The molecule has 10 aromatic carbocycles. The second-order valence-corrected chi connectivity index (χ2v) is 19.4. The fourth-order valence-electron chi connectivity index (χ4n) is 11.2. The standard InChI is InChI=1S/C66H46N4S/c1-5-19-46(20-6-1)67(51-38-40-58-63(43-51)70(49-25-11-4-12-26-49)61-42-41-57-56-29-15-18-32-64(56)71-66(57)65(58)61)50-35-33-45(34-36-50)53-27-13-16-30-59(53)68(47-21-7-2-8-22-47)52-37-39-55-54-28-14-17-31-60(54)69(62(55)44-52)48-23-9-3-10-24-48/h1-11,13-25,27-44H,12,26H2. The van der Waals surface area contributed by atoms with Gasteiger partial charge in [0.05, 0.1) is 27.8 Å². The maximum Gasteiger partial charge on any atom is 0.0561 e. The van der Waals surface area contributed by atoms with Gasteiger partial charge < -0.3 is 18.9 Å². The molecule has 14 rings (SSSR count). The van der Waals surface area contributed by atoms with Gasteiger partial charge in [0, 0.05) is 87.1 Å². The van der Waals surface area contributed by atoms with Crippen LogP contribution in [0.25, 0.3) is 86.3 Å². The van der Waals surface area contributed by atoms with E-state index in [9.17, 15) is 0 Å². The summed E-state index contributed by atoms with van der Waals surface area (Å²) in [5.74, 6) is 0. The number of fused-ring (bicyclic) bond motifs is 10. The van der Waals surface area contributed by atoms with Crippen molar-refractivity contribution in [3.8, 4) is 16.8 Å². The number of hydrogen-bond acceptors (Lipinski definition) is 3. The van der Waals surface area contributed by atoms with Crippen molar-refractivity contribution in [2.75, 3.05) is 9.80 Å². The summed E-state index contributed by atoms with van der Waals surface area (Å²) in [4.78, 5) is 4.81. The van der Waals surface area contributed by atoms with Crippen molar-refractivity contribution in [1.82, 2.24) is 9.13 Å². The van der Waals surface area contributed by atoms with Gasteiger partial charge in [-0.2, -0.15) is 0 Å². The van der Waals surface area contributed by atoms with Crippen LogP contribution in [0.1, 0.15) is 12.8 Å². The molecule has 5 heteroatoms. The van der Waals surface area contributed by atoms with Gasteiger partial charge >= 0.3 is 0 Å². The first-order chi connectivity index (χ1) is 35.2. The summed E-state index contributed by atoms with van der Waals surface area (Å²) < 4.78 is 7.60. The van der Waals surface area contributed by atoms with Gasteiger partial charge in [-0.1, -0.05) is 152 Å². The van der Waals surface area contributed by atoms with Crippen molar-refractivity contribution in [3.05, 3.63) is 255 Å². The summed E-state index contributed by atoms with van der Waals surface area (Å²) in [7, 11) is 0. The minimum absolute atomic E-state index is 0.990. The van der Waals surface area contributed by atoms with E-state index in [1.165, 1.54) is 64.0 Å². The molecule has 0 atom stereocenters. The van der Waals surface area contributed by atoms with Crippen molar-refractivity contribution in [3.63, 3.8) is 0 Å². The molecule has 0 N–H and O–H groups in total. The van der Waals surface area contributed by atoms with Crippen LogP contribution in [0.2, 0.25) is 0 Å². The lowest BCUT2D eigenvalue weighted by Gasteiger charge is -2.28. The molecule has 0 spiro atoms. The largest absolute Gasteiger partial charge is 0.313 e. The predicted octanol–water partition coefficient (Wildman–Crippen LogP) is 19.1. The van der Waals surface area contributed by atoms with Gasteiger partial charge in [-0.05, 0) is 122 Å². The van der Waals surface area contributed by atoms with Crippen molar-refractivity contribution >= 4 is 115 Å². The number of nitrogens with zero attached hydrogens (tertiary/aromatic N) is 4. The Labute approximate surface area is 416 Å². The number of aromatic nitrogens is 2. The Bertz CT molecular complexity index is 4220. The average molecular weight is 927 g/mol. The fourth-order valence-corrected chi connectivity index (χ4v) is 12.4. The van der Waals surface area contributed by atoms with E-state index in [0.717, 1.165) is 69.3 Å². The Kier molecular flexibility index (Phi) is 9.81. The highest BCUT2D eigenvalue weighted by molar-refractivity contribution is 7.26. The second kappa shape index (κ2) is 17.0. The lowest BCUT2D eigenvalue weighted by Crippen LogP contribution is -2.11. The fraction of sp³-hybridized carbons (Fsp3) is 0.0303. The summed E-state index contributed by atoms with van der Waals surface area (Å²) in [6, 6.07) is 86.5. The van der Waals surface area contributed by atoms with Crippen molar-refractivity contribution < 1.29 is 0 Å². The van der Waals surface area contributed by atoms with E-state index in [-0.39, 0.29) is 0 Å². The lowest BCUT2D eigenvalue weighted by molar-refractivity contribution is 0.979. The molecule has 0 saturated heterocycles. The smallest absolute Gasteiger partial charge is 0.0561 e. The normalized spacial score (nSPS) is 12.7. The first-order valence-electron chi connectivity index (χ1n) is 24.5. The van der Waals surface area contributed by atoms with Crippen molar-refractivity contribution in [1.29, 1.82) is 0 Å². The first-order valence-corrected chi connectivity index (χ1v) is 25.3. The SMILES string of the molecule is C1=CCCC(n2c3cc(N(c4ccccc4)c4ccc(-c5ccccc5N(c5ccccc5)c5ccc6c7ccccc7n(-c7ccccc7)c6c5)cc4)ccc3c3c4sc5ccccc5c4ccc32)=C1. The first kappa shape index (κ1) is 41.1. The van der Waals surface area contributed by atoms with Gasteiger partial charge in [0.1, 0.15) is 0 Å². The molecule has 71 heavy (non-hydrogen) atoms. The lowest BCUT2D eigenvalue weighted by atomic mass is 10.0. The van der Waals surface area contributed by atoms with Crippen LogP contribution in [0.15, 0.2) is 255 Å². The Hall–Kier alpha value is -8.90. The highest BCUT2D eigenvalue weighted by Gasteiger charge is 2.23. The van der Waals surface area contributed by atoms with Crippen molar-refractivity contribution in [2.24, 2.45) is 0 Å². The van der Waals surface area contributed by atoms with Crippen LogP contribution < -0.4 is 9.80 Å². The number of thiophene rings is 1. The molecule has 1 aliphatic rings. The number of benzene rings is 10. The number of hydrogen-bond donors (Lipinski definition) is 0. The zero-order valence-electron chi connectivity index (χ0n) is 38.9. The van der Waals surface area contributed by atoms with Crippen LogP contribution in [-0.4, -0.2) is 9.13 Å². The molecule has 13 aromatic rings. The topological polar surface area (TPSA) is 16.3 Å². The van der Waals surface area contributed by atoms with Crippen LogP contribution in [0.3, 0.4) is 0 Å².